The summed E-state index contributed by atoms with van der Waals surface area (Å²) in [7, 11) is 0. The minimum atomic E-state index is 1.88. The molecule has 0 fully saturated rings. The normalized spacial score (nSPS) is 16.0. The molecule has 1 aliphatic rings. The summed E-state index contributed by atoms with van der Waals surface area (Å²) in [5, 5.41) is 2.99. The Morgan fingerprint density at radius 2 is 0.818 bits per heavy atom. The van der Waals surface area contributed by atoms with E-state index in [1.807, 2.05) is 61.0 Å². The Hall–Kier alpha value is -1.50. The maximum absolute atomic E-state index is 2.99. The zero-order chi connectivity index (χ0) is 7.78. The molecule has 1 heterocycles. The van der Waals surface area contributed by atoms with Crippen LogP contribution in [0.5, 0.6) is 0 Å². The highest BCUT2D eigenvalue weighted by Crippen LogP contribution is 1.84. The van der Waals surface area contributed by atoms with Gasteiger partial charge < -0.3 is 5.32 Å². The van der Waals surface area contributed by atoms with Crippen LogP contribution in [0.1, 0.15) is 0 Å². The van der Waals surface area contributed by atoms with Crippen molar-refractivity contribution < 1.29 is 0 Å². The van der Waals surface area contributed by atoms with Crippen molar-refractivity contribution in [3.05, 3.63) is 61.0 Å². The first kappa shape index (κ1) is 7.61. The van der Waals surface area contributed by atoms with Crippen LogP contribution in [0.25, 0.3) is 0 Å². The fourth-order valence-electron chi connectivity index (χ4n) is 0.663. The number of allylic oxidation sites excluding steroid dienone is 8. The van der Waals surface area contributed by atoms with Crippen LogP contribution in [0.3, 0.4) is 0 Å². The highest BCUT2D eigenvalue weighted by molar-refractivity contribution is 5.18. The van der Waals surface area contributed by atoms with E-state index < -0.39 is 0 Å². The van der Waals surface area contributed by atoms with E-state index in [0.717, 1.165) is 0 Å². The Morgan fingerprint density at radius 3 is 1.27 bits per heavy atom. The topological polar surface area (TPSA) is 12.0 Å². The van der Waals surface area contributed by atoms with Crippen molar-refractivity contribution in [2.24, 2.45) is 0 Å². The quantitative estimate of drug-likeness (QED) is 0.551. The third kappa shape index (κ3) is 3.98. The molecule has 1 N–H and O–H groups in total. The van der Waals surface area contributed by atoms with Gasteiger partial charge in [-0.2, -0.15) is 0 Å². The molecule has 1 nitrogen and oxygen atoms in total. The second-order valence-corrected chi connectivity index (χ2v) is 2.04. The van der Waals surface area contributed by atoms with Crippen LogP contribution in [-0.4, -0.2) is 0 Å². The first-order valence-electron chi connectivity index (χ1n) is 3.58. The lowest BCUT2D eigenvalue weighted by atomic mass is 10.4. The predicted molar refractivity (Wildman–Crippen MR) is 48.8 cm³/mol. The fraction of sp³-hybridized carbons (Fsp3) is 0. The lowest BCUT2D eigenvalue weighted by molar-refractivity contribution is 1.20. The lowest BCUT2D eigenvalue weighted by Gasteiger charge is -1.83. The summed E-state index contributed by atoms with van der Waals surface area (Å²) in [6.45, 7) is 0. The molecule has 0 aromatic rings. The molecule has 0 atom stereocenters. The maximum Gasteiger partial charge on any atom is 0.000442 e. The van der Waals surface area contributed by atoms with E-state index in [9.17, 15) is 0 Å². The number of nitrogens with one attached hydrogen (secondary N) is 1. The average Bonchev–Trinajstić information content (AvgIpc) is 2.08. The zero-order valence-corrected chi connectivity index (χ0v) is 6.27. The van der Waals surface area contributed by atoms with Gasteiger partial charge in [0, 0.05) is 12.4 Å². The van der Waals surface area contributed by atoms with Crippen LogP contribution in [0.15, 0.2) is 61.0 Å². The summed E-state index contributed by atoms with van der Waals surface area (Å²) in [6.07, 6.45) is 19.5. The van der Waals surface area contributed by atoms with Crippen molar-refractivity contribution in [2.75, 3.05) is 0 Å². The summed E-state index contributed by atoms with van der Waals surface area (Å²) < 4.78 is 0. The molecule has 0 aliphatic carbocycles. The Kier molecular flexibility index (Phi) is 3.66. The van der Waals surface area contributed by atoms with Crippen LogP contribution in [0.4, 0.5) is 0 Å². The van der Waals surface area contributed by atoms with Gasteiger partial charge in [0.1, 0.15) is 0 Å². The van der Waals surface area contributed by atoms with E-state index in [1.165, 1.54) is 0 Å². The molecule has 0 radical (unpaired) electrons. The molecule has 56 valence electrons. The molecule has 1 heteroatoms. The monoisotopic (exact) mass is 145 g/mol. The Bertz CT molecular complexity index is 205. The van der Waals surface area contributed by atoms with Crippen molar-refractivity contribution in [1.82, 2.24) is 5.32 Å². The van der Waals surface area contributed by atoms with Crippen LogP contribution in [-0.2, 0) is 0 Å². The number of hydrogen-bond donors (Lipinski definition) is 1. The predicted octanol–water partition coefficient (Wildman–Crippen LogP) is 2.29. The fourth-order valence-corrected chi connectivity index (χ4v) is 0.663. The molecule has 0 saturated heterocycles. The molecule has 0 bridgehead atoms. The van der Waals surface area contributed by atoms with Gasteiger partial charge in [0.25, 0.3) is 0 Å². The van der Waals surface area contributed by atoms with Crippen molar-refractivity contribution in [1.29, 1.82) is 0 Å². The molecule has 0 unspecified atom stereocenters. The molecule has 0 aromatic carbocycles. The van der Waals surface area contributed by atoms with Gasteiger partial charge in [-0.05, 0) is 12.2 Å². The minimum Gasteiger partial charge on any atom is -0.368 e. The van der Waals surface area contributed by atoms with E-state index in [2.05, 4.69) is 5.32 Å². The smallest absolute Gasteiger partial charge is 0.000442 e. The van der Waals surface area contributed by atoms with Crippen molar-refractivity contribution in [3.63, 3.8) is 0 Å². The van der Waals surface area contributed by atoms with Crippen LogP contribution in [0, 0.1) is 0 Å². The number of hydrogen-bond acceptors (Lipinski definition) is 1. The van der Waals surface area contributed by atoms with Gasteiger partial charge in [-0.15, -0.1) is 0 Å². The Labute approximate surface area is 67.1 Å². The van der Waals surface area contributed by atoms with Gasteiger partial charge in [-0.25, -0.2) is 0 Å². The molecular formula is C10H11N. The third-order valence-corrected chi connectivity index (χ3v) is 1.16. The molecular weight excluding hydrogens is 134 g/mol. The summed E-state index contributed by atoms with van der Waals surface area (Å²) in [5.41, 5.74) is 0. The molecule has 11 heavy (non-hydrogen) atoms. The highest BCUT2D eigenvalue weighted by Gasteiger charge is 1.67. The van der Waals surface area contributed by atoms with Crippen molar-refractivity contribution in [2.45, 2.75) is 0 Å². The first-order valence-corrected chi connectivity index (χ1v) is 3.58. The van der Waals surface area contributed by atoms with E-state index in [-0.39, 0.29) is 0 Å². The SMILES string of the molecule is C1=CC=CC=CNC=CC=C1. The van der Waals surface area contributed by atoms with Crippen LogP contribution >= 0.6 is 0 Å². The third-order valence-electron chi connectivity index (χ3n) is 1.16. The molecule has 0 spiro atoms. The van der Waals surface area contributed by atoms with Gasteiger partial charge in [0.05, 0.1) is 0 Å². The van der Waals surface area contributed by atoms with E-state index >= 15 is 0 Å². The molecule has 0 aromatic heterocycles. The van der Waals surface area contributed by atoms with Crippen LogP contribution in [0.2, 0.25) is 0 Å². The second-order valence-electron chi connectivity index (χ2n) is 2.04. The van der Waals surface area contributed by atoms with Gasteiger partial charge in [0.2, 0.25) is 0 Å². The maximum atomic E-state index is 2.99. The molecule has 0 saturated carbocycles. The van der Waals surface area contributed by atoms with Crippen molar-refractivity contribution >= 4 is 0 Å². The highest BCUT2D eigenvalue weighted by atomic mass is 14.8. The zero-order valence-electron chi connectivity index (χ0n) is 6.27. The van der Waals surface area contributed by atoms with Gasteiger partial charge in [-0.3, -0.25) is 0 Å². The Morgan fingerprint density at radius 1 is 0.455 bits per heavy atom. The van der Waals surface area contributed by atoms with E-state index in [1.54, 1.807) is 0 Å². The molecule has 1 aliphatic heterocycles. The minimum absolute atomic E-state index is 1.88. The largest absolute Gasteiger partial charge is 0.368 e. The first-order chi connectivity index (χ1) is 5.50. The Balaban J connectivity index is 2.61. The summed E-state index contributed by atoms with van der Waals surface area (Å²) in [5.74, 6) is 0. The summed E-state index contributed by atoms with van der Waals surface area (Å²) >= 11 is 0. The van der Waals surface area contributed by atoms with Crippen molar-refractivity contribution in [3.8, 4) is 0 Å². The van der Waals surface area contributed by atoms with Crippen LogP contribution < -0.4 is 5.32 Å². The molecule has 1 rings (SSSR count). The second kappa shape index (κ2) is 5.30. The van der Waals surface area contributed by atoms with E-state index in [4.69, 9.17) is 0 Å². The molecule has 0 amide bonds. The van der Waals surface area contributed by atoms with E-state index in [0.29, 0.717) is 0 Å². The standard InChI is InChI=1S/C10H11N/c1-2-4-6-8-10-11-9-7-5-3-1/h1-11H. The van der Waals surface area contributed by atoms with Gasteiger partial charge in [0.15, 0.2) is 0 Å². The van der Waals surface area contributed by atoms with Gasteiger partial charge >= 0.3 is 0 Å². The average molecular weight is 145 g/mol. The summed E-state index contributed by atoms with van der Waals surface area (Å²) in [6, 6.07) is 0. The van der Waals surface area contributed by atoms with Gasteiger partial charge in [-0.1, -0.05) is 36.5 Å². The summed E-state index contributed by atoms with van der Waals surface area (Å²) in [4.78, 5) is 0. The number of rotatable bonds is 0. The lowest BCUT2D eigenvalue weighted by Crippen LogP contribution is -1.89.